The third-order valence-corrected chi connectivity index (χ3v) is 4.67. The smallest absolute Gasteiger partial charge is 0.214 e. The summed E-state index contributed by atoms with van der Waals surface area (Å²) in [5.41, 5.74) is 10.6. The Hall–Kier alpha value is -3.05. The topological polar surface area (TPSA) is 64.8 Å². The minimum absolute atomic E-state index is 0.377. The summed E-state index contributed by atoms with van der Waals surface area (Å²) in [6, 6.07) is 7.94. The van der Waals surface area contributed by atoms with Crippen molar-refractivity contribution in [3.63, 3.8) is 0 Å². The minimum Gasteiger partial charge on any atom is -0.501 e. The van der Waals surface area contributed by atoms with E-state index in [0.29, 0.717) is 19.7 Å². The van der Waals surface area contributed by atoms with Crippen molar-refractivity contribution in [2.24, 2.45) is 5.73 Å². The molecule has 0 aliphatic rings. The average molecular weight is 441 g/mol. The number of nitrogens with two attached hydrogens (primary N) is 1. The van der Waals surface area contributed by atoms with E-state index in [1.54, 1.807) is 18.1 Å². The lowest BCUT2D eigenvalue weighted by molar-refractivity contribution is -0.116. The maximum absolute atomic E-state index is 11.8. The van der Waals surface area contributed by atoms with Gasteiger partial charge in [-0.05, 0) is 50.5 Å². The Balaban J connectivity index is 0.00000466. The Morgan fingerprint density at radius 2 is 1.75 bits per heavy atom. The molecule has 1 aromatic rings. The molecule has 0 fully saturated rings. The molecular formula is C27H40N2O3. The molecule has 0 heterocycles. The molecule has 0 saturated carbocycles. The van der Waals surface area contributed by atoms with E-state index in [1.165, 1.54) is 0 Å². The van der Waals surface area contributed by atoms with Gasteiger partial charge in [-0.2, -0.15) is 0 Å². The highest BCUT2D eigenvalue weighted by Crippen LogP contribution is 2.18. The molecule has 0 atom stereocenters. The summed E-state index contributed by atoms with van der Waals surface area (Å²) >= 11 is 0. The number of rotatable bonds is 12. The van der Waals surface area contributed by atoms with Crippen molar-refractivity contribution in [3.05, 3.63) is 94.6 Å². The van der Waals surface area contributed by atoms with Crippen LogP contribution in [-0.2, 0) is 27.4 Å². The molecule has 5 heteroatoms. The van der Waals surface area contributed by atoms with Crippen LogP contribution in [0.15, 0.2) is 83.5 Å². The van der Waals surface area contributed by atoms with E-state index in [1.807, 2.05) is 84.0 Å². The van der Waals surface area contributed by atoms with Crippen LogP contribution in [0.25, 0.3) is 0 Å². The zero-order valence-corrected chi connectivity index (χ0v) is 20.8. The van der Waals surface area contributed by atoms with Crippen molar-refractivity contribution in [3.8, 4) is 0 Å². The fourth-order valence-corrected chi connectivity index (χ4v) is 2.68. The maximum atomic E-state index is 11.8. The number of carbonyl (C=O) groups excluding carboxylic acids is 1. The molecule has 2 N–H and O–H groups in total. The fraction of sp³-hybridized carbons (Fsp3) is 0.370. The number of methoxy groups -OCH3 is 1. The van der Waals surface area contributed by atoms with Gasteiger partial charge in [0.25, 0.3) is 0 Å². The Labute approximate surface area is 194 Å². The van der Waals surface area contributed by atoms with E-state index >= 15 is 0 Å². The summed E-state index contributed by atoms with van der Waals surface area (Å²) in [7, 11) is 1.61. The molecule has 1 aromatic carbocycles. The predicted octanol–water partition coefficient (Wildman–Crippen LogP) is 6.01. The molecule has 0 spiro atoms. The monoisotopic (exact) mass is 440 g/mol. The van der Waals surface area contributed by atoms with E-state index in [2.05, 4.69) is 6.58 Å². The van der Waals surface area contributed by atoms with Crippen LogP contribution in [0.5, 0.6) is 0 Å². The number of allylic oxidation sites excluding steroid dienone is 6. The van der Waals surface area contributed by atoms with Crippen LogP contribution in [0, 0.1) is 0 Å². The molecule has 0 radical (unpaired) electrons. The molecular weight excluding hydrogens is 400 g/mol. The number of hydrogen-bond acceptors (Lipinski definition) is 4. The van der Waals surface area contributed by atoms with Crippen molar-refractivity contribution in [2.75, 3.05) is 13.7 Å². The van der Waals surface area contributed by atoms with E-state index in [4.69, 9.17) is 15.2 Å². The highest BCUT2D eigenvalue weighted by atomic mass is 16.5. The quantitative estimate of drug-likeness (QED) is 0.246. The van der Waals surface area contributed by atoms with Crippen molar-refractivity contribution < 1.29 is 14.3 Å². The van der Waals surface area contributed by atoms with Crippen molar-refractivity contribution in [1.82, 2.24) is 4.90 Å². The molecule has 0 aromatic heterocycles. The van der Waals surface area contributed by atoms with Crippen LogP contribution < -0.4 is 5.73 Å². The highest BCUT2D eigenvalue weighted by Gasteiger charge is 2.11. The van der Waals surface area contributed by atoms with Gasteiger partial charge in [0, 0.05) is 17.8 Å². The van der Waals surface area contributed by atoms with Gasteiger partial charge in [0.05, 0.1) is 19.4 Å². The van der Waals surface area contributed by atoms with Gasteiger partial charge < -0.3 is 20.1 Å². The molecule has 1 rings (SSSR count). The zero-order valence-electron chi connectivity index (χ0n) is 20.8. The average Bonchev–Trinajstić information content (AvgIpc) is 2.82. The second-order valence-electron chi connectivity index (χ2n) is 7.03. The Morgan fingerprint density at radius 1 is 1.12 bits per heavy atom. The number of hydrogen-bond donors (Lipinski definition) is 1. The zero-order chi connectivity index (χ0) is 24.5. The van der Waals surface area contributed by atoms with Gasteiger partial charge in [0.1, 0.15) is 12.4 Å². The molecule has 0 unspecified atom stereocenters. The third-order valence-electron chi connectivity index (χ3n) is 4.67. The van der Waals surface area contributed by atoms with Gasteiger partial charge in [-0.3, -0.25) is 4.79 Å². The van der Waals surface area contributed by atoms with Gasteiger partial charge >= 0.3 is 0 Å². The summed E-state index contributed by atoms with van der Waals surface area (Å²) in [6.07, 6.45) is 8.08. The van der Waals surface area contributed by atoms with E-state index in [9.17, 15) is 4.79 Å². The van der Waals surface area contributed by atoms with Crippen LogP contribution in [0.1, 0.15) is 52.7 Å². The van der Waals surface area contributed by atoms with Gasteiger partial charge in [0.2, 0.25) is 6.41 Å². The Kier molecular flexibility index (Phi) is 15.0. The maximum Gasteiger partial charge on any atom is 0.214 e. The lowest BCUT2D eigenvalue weighted by Crippen LogP contribution is -2.23. The van der Waals surface area contributed by atoms with E-state index in [0.717, 1.165) is 45.9 Å². The summed E-state index contributed by atoms with van der Waals surface area (Å²) in [5.74, 6) is 1.46. The summed E-state index contributed by atoms with van der Waals surface area (Å²) in [4.78, 5) is 13.4. The number of nitrogens with zero attached hydrogens (tertiary/aromatic N) is 1. The third kappa shape index (κ3) is 9.84. The van der Waals surface area contributed by atoms with E-state index < -0.39 is 0 Å². The summed E-state index contributed by atoms with van der Waals surface area (Å²) < 4.78 is 11.4. The number of amides is 1. The van der Waals surface area contributed by atoms with Crippen LogP contribution in [0.2, 0.25) is 0 Å². The van der Waals surface area contributed by atoms with Crippen LogP contribution in [0.3, 0.4) is 0 Å². The Morgan fingerprint density at radius 3 is 2.25 bits per heavy atom. The molecule has 0 saturated heterocycles. The number of benzene rings is 1. The first-order valence-electron chi connectivity index (χ1n) is 10.9. The Bertz CT molecular complexity index is 844. The molecule has 5 nitrogen and oxygen atoms in total. The largest absolute Gasteiger partial charge is 0.501 e. The highest BCUT2D eigenvalue weighted by molar-refractivity contribution is 5.53. The minimum atomic E-state index is 0.377. The normalized spacial score (nSPS) is 11.7. The molecule has 0 aliphatic heterocycles. The first-order chi connectivity index (χ1) is 15.4. The number of carbonyl (C=O) groups is 1. The predicted molar refractivity (Wildman–Crippen MR) is 134 cm³/mol. The van der Waals surface area contributed by atoms with Gasteiger partial charge in [-0.15, -0.1) is 0 Å². The van der Waals surface area contributed by atoms with Crippen molar-refractivity contribution >= 4 is 6.41 Å². The van der Waals surface area contributed by atoms with Crippen LogP contribution in [0.4, 0.5) is 0 Å². The van der Waals surface area contributed by atoms with Crippen molar-refractivity contribution in [2.45, 2.75) is 54.7 Å². The molecule has 0 bridgehead atoms. The lowest BCUT2D eigenvalue weighted by atomic mass is 10.1. The van der Waals surface area contributed by atoms with Gasteiger partial charge in [0.15, 0.2) is 0 Å². The second-order valence-corrected chi connectivity index (χ2v) is 7.03. The second kappa shape index (κ2) is 16.6. The van der Waals surface area contributed by atoms with Crippen molar-refractivity contribution in [1.29, 1.82) is 0 Å². The molecule has 176 valence electrons. The van der Waals surface area contributed by atoms with E-state index in [-0.39, 0.29) is 0 Å². The summed E-state index contributed by atoms with van der Waals surface area (Å²) in [6.45, 7) is 16.6. The first kappa shape index (κ1) is 28.9. The number of ether oxygens (including phenoxy) is 2. The van der Waals surface area contributed by atoms with Gasteiger partial charge in [-0.1, -0.05) is 62.9 Å². The SMILES string of the molecule is C=C/C=C\C(CN(C=O)/C(C)=C\C(OCc1ccccc1CN)=C(C)C)=C(/C)OC.CC. The standard InChI is InChI=1S/C25H34N2O3.C2H6/c1-7-8-11-23(21(5)29-6)16-27(18-28)20(4)14-25(19(2)3)30-17-24-13-10-9-12-22(24)15-26;1-2/h7-14,18H,1,15-17,26H2,2-6H3;1-2H3/b11-8-,20-14-,23-21-;. The van der Waals surface area contributed by atoms with Crippen LogP contribution in [-0.4, -0.2) is 25.0 Å². The molecule has 0 aliphatic carbocycles. The molecule has 1 amide bonds. The fourth-order valence-electron chi connectivity index (χ4n) is 2.68. The summed E-state index contributed by atoms with van der Waals surface area (Å²) in [5, 5.41) is 0. The van der Waals surface area contributed by atoms with Gasteiger partial charge in [-0.25, -0.2) is 0 Å². The van der Waals surface area contributed by atoms with Crippen LogP contribution >= 0.6 is 0 Å². The molecule has 32 heavy (non-hydrogen) atoms. The lowest BCUT2D eigenvalue weighted by Gasteiger charge is -2.21. The first-order valence-corrected chi connectivity index (χ1v) is 10.9.